The standard InChI is InChI=1S/C15H19BrF2O2/c1-2-3-10-8-15(19,6-7-20-10)9-11-13(17)5-4-12(16)14(11)18/h4-5,10,19H,2-3,6-9H2,1H3. The maximum atomic E-state index is 14.0. The summed E-state index contributed by atoms with van der Waals surface area (Å²) < 4.78 is 33.6. The van der Waals surface area contributed by atoms with Crippen LogP contribution in [-0.4, -0.2) is 23.4 Å². The molecule has 1 aliphatic heterocycles. The third kappa shape index (κ3) is 3.57. The molecule has 1 saturated heterocycles. The summed E-state index contributed by atoms with van der Waals surface area (Å²) in [6, 6.07) is 2.55. The normalized spacial score (nSPS) is 26.8. The Hall–Kier alpha value is -0.520. The molecule has 1 aromatic rings. The zero-order valence-corrected chi connectivity index (χ0v) is 13.1. The molecule has 0 amide bonds. The topological polar surface area (TPSA) is 29.5 Å². The van der Waals surface area contributed by atoms with E-state index in [9.17, 15) is 13.9 Å². The van der Waals surface area contributed by atoms with Gasteiger partial charge in [0.1, 0.15) is 11.6 Å². The molecule has 2 nitrogen and oxygen atoms in total. The molecule has 5 heteroatoms. The van der Waals surface area contributed by atoms with Crippen molar-refractivity contribution in [2.24, 2.45) is 0 Å². The van der Waals surface area contributed by atoms with Gasteiger partial charge in [-0.2, -0.15) is 0 Å². The molecule has 20 heavy (non-hydrogen) atoms. The SMILES string of the molecule is CCCC1CC(O)(Cc2c(F)ccc(Br)c2F)CCO1. The maximum absolute atomic E-state index is 14.0. The number of rotatable bonds is 4. The first-order valence-corrected chi connectivity index (χ1v) is 7.71. The molecule has 0 radical (unpaired) electrons. The molecule has 2 atom stereocenters. The van der Waals surface area contributed by atoms with Crippen molar-refractivity contribution in [1.82, 2.24) is 0 Å². The molecule has 0 saturated carbocycles. The van der Waals surface area contributed by atoms with Crippen molar-refractivity contribution in [2.75, 3.05) is 6.61 Å². The highest BCUT2D eigenvalue weighted by Crippen LogP contribution is 2.33. The van der Waals surface area contributed by atoms with Crippen LogP contribution in [0.3, 0.4) is 0 Å². The lowest BCUT2D eigenvalue weighted by atomic mass is 9.83. The molecule has 0 aliphatic carbocycles. The molecule has 2 unspecified atom stereocenters. The molecule has 1 aromatic carbocycles. The molecule has 1 N–H and O–H groups in total. The van der Waals surface area contributed by atoms with Crippen molar-refractivity contribution in [3.05, 3.63) is 33.8 Å². The molecular formula is C15H19BrF2O2. The second kappa shape index (κ2) is 6.50. The van der Waals surface area contributed by atoms with Crippen LogP contribution in [0.15, 0.2) is 16.6 Å². The van der Waals surface area contributed by atoms with Gasteiger partial charge in [-0.05, 0) is 40.9 Å². The fourth-order valence-corrected chi connectivity index (χ4v) is 3.10. The van der Waals surface area contributed by atoms with Crippen molar-refractivity contribution in [1.29, 1.82) is 0 Å². The van der Waals surface area contributed by atoms with Gasteiger partial charge in [0.25, 0.3) is 0 Å². The van der Waals surface area contributed by atoms with Gasteiger partial charge in [-0.3, -0.25) is 0 Å². The van der Waals surface area contributed by atoms with E-state index in [0.717, 1.165) is 12.8 Å². The number of aliphatic hydroxyl groups is 1. The number of hydrogen-bond acceptors (Lipinski definition) is 2. The Morgan fingerprint density at radius 2 is 2.20 bits per heavy atom. The Labute approximate surface area is 126 Å². The second-order valence-corrected chi connectivity index (χ2v) is 6.31. The average Bonchev–Trinajstić information content (AvgIpc) is 2.40. The molecule has 0 bridgehead atoms. The Morgan fingerprint density at radius 3 is 2.90 bits per heavy atom. The Morgan fingerprint density at radius 1 is 1.45 bits per heavy atom. The van der Waals surface area contributed by atoms with E-state index in [2.05, 4.69) is 15.9 Å². The lowest BCUT2D eigenvalue weighted by Crippen LogP contribution is -2.42. The van der Waals surface area contributed by atoms with Crippen LogP contribution in [0.25, 0.3) is 0 Å². The lowest BCUT2D eigenvalue weighted by molar-refractivity contribution is -0.105. The Bertz CT molecular complexity index is 479. The van der Waals surface area contributed by atoms with E-state index >= 15 is 0 Å². The molecule has 1 heterocycles. The first-order chi connectivity index (χ1) is 9.45. The minimum absolute atomic E-state index is 0.0202. The van der Waals surface area contributed by atoms with Crippen LogP contribution < -0.4 is 0 Å². The summed E-state index contributed by atoms with van der Waals surface area (Å²) in [5, 5.41) is 10.6. The minimum atomic E-state index is -1.10. The van der Waals surface area contributed by atoms with E-state index in [0.29, 0.717) is 19.4 Å². The van der Waals surface area contributed by atoms with Gasteiger partial charge < -0.3 is 9.84 Å². The smallest absolute Gasteiger partial charge is 0.143 e. The third-order valence-corrected chi connectivity index (χ3v) is 4.40. The van der Waals surface area contributed by atoms with Gasteiger partial charge in [-0.1, -0.05) is 13.3 Å². The highest BCUT2D eigenvalue weighted by Gasteiger charge is 2.36. The van der Waals surface area contributed by atoms with Crippen LogP contribution in [0.4, 0.5) is 8.78 Å². The summed E-state index contributed by atoms with van der Waals surface area (Å²) >= 11 is 3.05. The van der Waals surface area contributed by atoms with E-state index in [4.69, 9.17) is 4.74 Å². The van der Waals surface area contributed by atoms with Gasteiger partial charge in [0.05, 0.1) is 16.2 Å². The molecule has 1 fully saturated rings. The highest BCUT2D eigenvalue weighted by atomic mass is 79.9. The minimum Gasteiger partial charge on any atom is -0.389 e. The maximum Gasteiger partial charge on any atom is 0.143 e. The fraction of sp³-hybridized carbons (Fsp3) is 0.600. The van der Waals surface area contributed by atoms with Gasteiger partial charge in [-0.25, -0.2) is 8.78 Å². The Kier molecular flexibility index (Phi) is 5.15. The van der Waals surface area contributed by atoms with E-state index < -0.39 is 17.2 Å². The van der Waals surface area contributed by atoms with Gasteiger partial charge in [0, 0.05) is 25.0 Å². The van der Waals surface area contributed by atoms with Crippen LogP contribution in [0.1, 0.15) is 38.2 Å². The van der Waals surface area contributed by atoms with Crippen LogP contribution in [-0.2, 0) is 11.2 Å². The molecule has 1 aliphatic rings. The summed E-state index contributed by atoms with van der Waals surface area (Å²) in [6.07, 6.45) is 2.59. The predicted octanol–water partition coefficient (Wildman–Crippen LogP) is 3.98. The van der Waals surface area contributed by atoms with Crippen molar-refractivity contribution >= 4 is 15.9 Å². The largest absolute Gasteiger partial charge is 0.389 e. The number of halogens is 3. The summed E-state index contributed by atoms with van der Waals surface area (Å²) in [5.41, 5.74) is -1.15. The van der Waals surface area contributed by atoms with Crippen molar-refractivity contribution in [2.45, 2.75) is 50.7 Å². The molecule has 0 aromatic heterocycles. The molecule has 2 rings (SSSR count). The summed E-state index contributed by atoms with van der Waals surface area (Å²) in [5.74, 6) is -1.24. The summed E-state index contributed by atoms with van der Waals surface area (Å²) in [7, 11) is 0. The zero-order chi connectivity index (χ0) is 14.8. The molecule has 0 spiro atoms. The van der Waals surface area contributed by atoms with E-state index in [1.165, 1.54) is 12.1 Å². The average molecular weight is 349 g/mol. The van der Waals surface area contributed by atoms with Gasteiger partial charge in [0.2, 0.25) is 0 Å². The Balaban J connectivity index is 2.18. The van der Waals surface area contributed by atoms with E-state index in [1.807, 2.05) is 6.92 Å². The van der Waals surface area contributed by atoms with Gasteiger partial charge in [0.15, 0.2) is 0 Å². The lowest BCUT2D eigenvalue weighted by Gasteiger charge is -2.37. The number of ether oxygens (including phenoxy) is 1. The van der Waals surface area contributed by atoms with Crippen molar-refractivity contribution in [3.63, 3.8) is 0 Å². The molecular weight excluding hydrogens is 330 g/mol. The van der Waals surface area contributed by atoms with Crippen LogP contribution in [0.5, 0.6) is 0 Å². The summed E-state index contributed by atoms with van der Waals surface area (Å²) in [6.45, 7) is 2.48. The fourth-order valence-electron chi connectivity index (χ4n) is 2.73. The zero-order valence-electron chi connectivity index (χ0n) is 11.5. The van der Waals surface area contributed by atoms with E-state index in [1.54, 1.807) is 0 Å². The first kappa shape index (κ1) is 15.9. The van der Waals surface area contributed by atoms with Gasteiger partial charge >= 0.3 is 0 Å². The monoisotopic (exact) mass is 348 g/mol. The van der Waals surface area contributed by atoms with Crippen LogP contribution in [0, 0.1) is 11.6 Å². The quantitative estimate of drug-likeness (QED) is 0.834. The van der Waals surface area contributed by atoms with Crippen molar-refractivity contribution < 1.29 is 18.6 Å². The number of hydrogen-bond donors (Lipinski definition) is 1. The summed E-state index contributed by atoms with van der Waals surface area (Å²) in [4.78, 5) is 0. The number of benzene rings is 1. The predicted molar refractivity (Wildman–Crippen MR) is 76.6 cm³/mol. The molecule has 112 valence electrons. The second-order valence-electron chi connectivity index (χ2n) is 5.46. The first-order valence-electron chi connectivity index (χ1n) is 6.91. The van der Waals surface area contributed by atoms with Crippen LogP contribution in [0.2, 0.25) is 0 Å². The van der Waals surface area contributed by atoms with Crippen molar-refractivity contribution in [3.8, 4) is 0 Å². The highest BCUT2D eigenvalue weighted by molar-refractivity contribution is 9.10. The van der Waals surface area contributed by atoms with Gasteiger partial charge in [-0.15, -0.1) is 0 Å². The third-order valence-electron chi connectivity index (χ3n) is 3.78. The van der Waals surface area contributed by atoms with Crippen LogP contribution >= 0.6 is 15.9 Å². The van der Waals surface area contributed by atoms with E-state index in [-0.39, 0.29) is 22.6 Å².